The van der Waals surface area contributed by atoms with Gasteiger partial charge in [0.1, 0.15) is 11.1 Å². The van der Waals surface area contributed by atoms with Gasteiger partial charge in [0.2, 0.25) is 11.8 Å². The fourth-order valence-electron chi connectivity index (χ4n) is 2.86. The lowest BCUT2D eigenvalue weighted by atomic mass is 10.2. The summed E-state index contributed by atoms with van der Waals surface area (Å²) in [7, 11) is 0. The smallest absolute Gasteiger partial charge is 0.238 e. The van der Waals surface area contributed by atoms with E-state index in [-0.39, 0.29) is 34.0 Å². The number of carbonyl (C=O) groups excluding carboxylic acids is 2. The number of anilines is 1. The van der Waals surface area contributed by atoms with Crippen molar-refractivity contribution in [2.24, 2.45) is 4.99 Å². The lowest BCUT2D eigenvalue weighted by molar-refractivity contribution is -0.129. The molecule has 0 bridgehead atoms. The van der Waals surface area contributed by atoms with E-state index in [1.165, 1.54) is 36.4 Å². The number of benzene rings is 2. The Kier molecular flexibility index (Phi) is 7.80. The zero-order valence-corrected chi connectivity index (χ0v) is 18.9. The Morgan fingerprint density at radius 1 is 1.29 bits per heavy atom. The van der Waals surface area contributed by atoms with Crippen LogP contribution in [0.25, 0.3) is 0 Å². The molecule has 1 aliphatic heterocycles. The highest BCUT2D eigenvalue weighted by molar-refractivity contribution is 8.15. The molecular weight excluding hydrogens is 464 g/mol. The Hall–Kier alpha value is -2.29. The molecule has 1 atom stereocenters. The molecule has 2 amide bonds. The summed E-state index contributed by atoms with van der Waals surface area (Å²) in [5.74, 6) is -1.26. The number of amides is 2. The van der Waals surface area contributed by atoms with Gasteiger partial charge in [0.05, 0.1) is 15.7 Å². The van der Waals surface area contributed by atoms with Crippen LogP contribution in [0, 0.1) is 5.82 Å². The number of aliphatic imine (C=N–C) groups is 1. The molecular formula is C21H20Cl2FN3O3S. The maximum atomic E-state index is 13.1. The number of unbranched alkanes of at least 4 members (excludes halogenated alkanes) is 1. The van der Waals surface area contributed by atoms with Gasteiger partial charge in [0.25, 0.3) is 0 Å². The molecule has 2 aromatic rings. The highest BCUT2D eigenvalue weighted by Crippen LogP contribution is 2.37. The third-order valence-electron chi connectivity index (χ3n) is 4.51. The first-order valence-corrected chi connectivity index (χ1v) is 11.2. The summed E-state index contributed by atoms with van der Waals surface area (Å²) in [5, 5.41) is 12.2. The minimum Gasteiger partial charge on any atom is -0.505 e. The van der Waals surface area contributed by atoms with E-state index in [2.05, 4.69) is 10.3 Å². The summed E-state index contributed by atoms with van der Waals surface area (Å²) < 4.78 is 13.1. The fraction of sp³-hybridized carbons (Fsp3) is 0.286. The number of nitrogens with one attached hydrogen (secondary N) is 1. The predicted octanol–water partition coefficient (Wildman–Crippen LogP) is 5.60. The molecule has 10 heteroatoms. The second-order valence-corrected chi connectivity index (χ2v) is 8.84. The molecule has 2 aromatic carbocycles. The van der Waals surface area contributed by atoms with Gasteiger partial charge in [-0.2, -0.15) is 0 Å². The quantitative estimate of drug-likeness (QED) is 0.560. The SMILES string of the molecule is CCCCN1C(=O)CC(C(=O)Nc2ccc(F)cc2)SC1=Nc1cc(Cl)c(O)c(Cl)c1. The molecule has 0 spiro atoms. The maximum Gasteiger partial charge on any atom is 0.238 e. The largest absolute Gasteiger partial charge is 0.505 e. The van der Waals surface area contributed by atoms with E-state index in [1.807, 2.05) is 6.92 Å². The number of amidine groups is 1. The van der Waals surface area contributed by atoms with Crippen LogP contribution in [-0.4, -0.2) is 38.8 Å². The molecule has 0 aliphatic carbocycles. The third-order valence-corrected chi connectivity index (χ3v) is 6.27. The molecule has 1 unspecified atom stereocenters. The first-order chi connectivity index (χ1) is 14.8. The number of hydrogen-bond acceptors (Lipinski definition) is 5. The summed E-state index contributed by atoms with van der Waals surface area (Å²) in [4.78, 5) is 31.6. The molecule has 1 fully saturated rings. The zero-order valence-electron chi connectivity index (χ0n) is 16.6. The van der Waals surface area contributed by atoms with Gasteiger partial charge in [-0.15, -0.1) is 0 Å². The third kappa shape index (κ3) is 5.90. The van der Waals surface area contributed by atoms with Crippen molar-refractivity contribution >= 4 is 63.3 Å². The van der Waals surface area contributed by atoms with Crippen LogP contribution in [0.3, 0.4) is 0 Å². The van der Waals surface area contributed by atoms with Gasteiger partial charge in [-0.3, -0.25) is 14.5 Å². The molecule has 0 aromatic heterocycles. The molecule has 164 valence electrons. The molecule has 2 N–H and O–H groups in total. The van der Waals surface area contributed by atoms with Crippen molar-refractivity contribution < 1.29 is 19.1 Å². The average Bonchev–Trinajstić information content (AvgIpc) is 2.73. The number of nitrogens with zero attached hydrogens (tertiary/aromatic N) is 2. The standard InChI is InChI=1S/C21H20Cl2FN3O3S/c1-2-3-8-27-18(28)11-17(20(30)25-13-6-4-12(24)5-7-13)31-21(27)26-14-9-15(22)19(29)16(23)10-14/h4-7,9-10,17,29H,2-3,8,11H2,1H3,(H,25,30). The minimum atomic E-state index is -0.711. The van der Waals surface area contributed by atoms with Gasteiger partial charge >= 0.3 is 0 Å². The summed E-state index contributed by atoms with van der Waals surface area (Å²) in [6.07, 6.45) is 1.67. The molecule has 0 radical (unpaired) electrons. The maximum absolute atomic E-state index is 13.1. The van der Waals surface area contributed by atoms with Gasteiger partial charge in [0, 0.05) is 18.7 Å². The Labute approximate surface area is 193 Å². The number of thioether (sulfide) groups is 1. The van der Waals surface area contributed by atoms with E-state index in [0.29, 0.717) is 23.1 Å². The van der Waals surface area contributed by atoms with Crippen LogP contribution in [-0.2, 0) is 9.59 Å². The van der Waals surface area contributed by atoms with E-state index in [4.69, 9.17) is 23.2 Å². The van der Waals surface area contributed by atoms with Gasteiger partial charge in [-0.1, -0.05) is 48.3 Å². The highest BCUT2D eigenvalue weighted by Gasteiger charge is 2.35. The Bertz CT molecular complexity index is 994. The number of phenolic OH excluding ortho intramolecular Hbond substituents is 1. The van der Waals surface area contributed by atoms with Crippen LogP contribution in [0.2, 0.25) is 10.0 Å². The number of rotatable bonds is 6. The first-order valence-electron chi connectivity index (χ1n) is 9.58. The lowest BCUT2D eigenvalue weighted by Gasteiger charge is -2.31. The molecule has 1 aliphatic rings. The molecule has 1 heterocycles. The van der Waals surface area contributed by atoms with Crippen molar-refractivity contribution in [2.45, 2.75) is 31.4 Å². The number of aromatic hydroxyl groups is 1. The fourth-order valence-corrected chi connectivity index (χ4v) is 4.46. The second-order valence-electron chi connectivity index (χ2n) is 6.86. The van der Waals surface area contributed by atoms with Crippen LogP contribution in [0.15, 0.2) is 41.4 Å². The van der Waals surface area contributed by atoms with Gasteiger partial charge < -0.3 is 10.4 Å². The van der Waals surface area contributed by atoms with Crippen LogP contribution < -0.4 is 5.32 Å². The van der Waals surface area contributed by atoms with Crippen LogP contribution in [0.4, 0.5) is 15.8 Å². The van der Waals surface area contributed by atoms with Crippen molar-refractivity contribution in [3.05, 3.63) is 52.3 Å². The highest BCUT2D eigenvalue weighted by atomic mass is 35.5. The molecule has 3 rings (SSSR count). The van der Waals surface area contributed by atoms with Crippen molar-refractivity contribution in [2.75, 3.05) is 11.9 Å². The van der Waals surface area contributed by atoms with Crippen molar-refractivity contribution in [1.82, 2.24) is 4.90 Å². The Balaban J connectivity index is 1.86. The first kappa shape index (κ1) is 23.4. The number of hydrogen-bond donors (Lipinski definition) is 2. The van der Waals surface area contributed by atoms with E-state index in [1.54, 1.807) is 4.90 Å². The zero-order chi connectivity index (χ0) is 22.5. The monoisotopic (exact) mass is 483 g/mol. The normalized spacial score (nSPS) is 17.8. The molecule has 6 nitrogen and oxygen atoms in total. The van der Waals surface area contributed by atoms with E-state index in [9.17, 15) is 19.1 Å². The molecule has 31 heavy (non-hydrogen) atoms. The summed E-state index contributed by atoms with van der Waals surface area (Å²) in [5.41, 5.74) is 0.785. The number of halogens is 3. The van der Waals surface area contributed by atoms with Crippen LogP contribution in [0.5, 0.6) is 5.75 Å². The van der Waals surface area contributed by atoms with E-state index >= 15 is 0 Å². The predicted molar refractivity (Wildman–Crippen MR) is 123 cm³/mol. The number of carbonyl (C=O) groups is 2. The van der Waals surface area contributed by atoms with Crippen molar-refractivity contribution in [3.63, 3.8) is 0 Å². The Morgan fingerprint density at radius 2 is 1.94 bits per heavy atom. The summed E-state index contributed by atoms with van der Waals surface area (Å²) >= 11 is 13.1. The lowest BCUT2D eigenvalue weighted by Crippen LogP contribution is -2.45. The van der Waals surface area contributed by atoms with Crippen LogP contribution >= 0.6 is 35.0 Å². The van der Waals surface area contributed by atoms with Crippen molar-refractivity contribution in [1.29, 1.82) is 0 Å². The van der Waals surface area contributed by atoms with E-state index < -0.39 is 11.1 Å². The van der Waals surface area contributed by atoms with Crippen molar-refractivity contribution in [3.8, 4) is 5.75 Å². The topological polar surface area (TPSA) is 82.0 Å². The van der Waals surface area contributed by atoms with Gasteiger partial charge in [-0.05, 0) is 42.8 Å². The minimum absolute atomic E-state index is 0.0114. The van der Waals surface area contributed by atoms with Crippen LogP contribution in [0.1, 0.15) is 26.2 Å². The average molecular weight is 484 g/mol. The second kappa shape index (κ2) is 10.3. The number of phenols is 1. The van der Waals surface area contributed by atoms with E-state index in [0.717, 1.165) is 24.6 Å². The van der Waals surface area contributed by atoms with Gasteiger partial charge in [-0.25, -0.2) is 9.38 Å². The Morgan fingerprint density at radius 3 is 2.55 bits per heavy atom. The molecule has 0 saturated carbocycles. The summed E-state index contributed by atoms with van der Waals surface area (Å²) in [6.45, 7) is 2.48. The molecule has 1 saturated heterocycles. The van der Waals surface area contributed by atoms with Gasteiger partial charge in [0.15, 0.2) is 10.9 Å². The summed E-state index contributed by atoms with van der Waals surface area (Å²) in [6, 6.07) is 8.25.